The van der Waals surface area contributed by atoms with Gasteiger partial charge in [-0.25, -0.2) is 0 Å². The second-order valence-electron chi connectivity index (χ2n) is 9.23. The molecule has 0 atom stereocenters. The molecule has 1 heteroatoms. The van der Waals surface area contributed by atoms with E-state index in [-0.39, 0.29) is 0 Å². The normalized spacial score (nSPS) is 19.9. The Morgan fingerprint density at radius 1 is 0.519 bits per heavy atom. The predicted octanol–water partition coefficient (Wildman–Crippen LogP) is 7.67. The van der Waals surface area contributed by atoms with E-state index in [0.717, 1.165) is 7.87 Å². The maximum absolute atomic E-state index is 2.46. The standard InChI is InChI=1S/2C7H7.2C6H11.Sn/c2*1-7-5-3-2-4-6-7;2*1-2-4-6-5-3-1;/h2*2-6H,1H2;2*1H,2-6H2;. The van der Waals surface area contributed by atoms with Crippen molar-refractivity contribution in [3.8, 4) is 0 Å². The number of rotatable bonds is 6. The van der Waals surface area contributed by atoms with Crippen LogP contribution >= 0.6 is 0 Å². The van der Waals surface area contributed by atoms with E-state index < -0.39 is 18.4 Å². The van der Waals surface area contributed by atoms with Crippen LogP contribution in [0.1, 0.15) is 75.3 Å². The van der Waals surface area contributed by atoms with Crippen molar-refractivity contribution in [1.29, 1.82) is 0 Å². The molecule has 0 nitrogen and oxygen atoms in total. The average molecular weight is 467 g/mol. The number of benzene rings is 2. The first kappa shape index (κ1) is 19.6. The van der Waals surface area contributed by atoms with E-state index in [0.29, 0.717) is 0 Å². The summed E-state index contributed by atoms with van der Waals surface area (Å²) in [7, 11) is 0. The molecule has 27 heavy (non-hydrogen) atoms. The molecule has 2 saturated carbocycles. The van der Waals surface area contributed by atoms with Gasteiger partial charge in [0.1, 0.15) is 0 Å². The van der Waals surface area contributed by atoms with Crippen molar-refractivity contribution in [3.63, 3.8) is 0 Å². The van der Waals surface area contributed by atoms with Crippen LogP contribution in [0, 0.1) is 0 Å². The summed E-state index contributed by atoms with van der Waals surface area (Å²) in [5.74, 6) is 0. The molecule has 0 radical (unpaired) electrons. The van der Waals surface area contributed by atoms with Crippen LogP contribution in [0.25, 0.3) is 0 Å². The Labute approximate surface area is 170 Å². The molecule has 0 heterocycles. The molecule has 0 spiro atoms. The van der Waals surface area contributed by atoms with Crippen molar-refractivity contribution >= 4 is 18.4 Å². The van der Waals surface area contributed by atoms with E-state index in [2.05, 4.69) is 60.7 Å². The van der Waals surface area contributed by atoms with Gasteiger partial charge in [-0.1, -0.05) is 0 Å². The van der Waals surface area contributed by atoms with Crippen LogP contribution in [0.3, 0.4) is 0 Å². The fraction of sp³-hybridized carbons (Fsp3) is 0.538. The topological polar surface area (TPSA) is 0 Å². The Balaban J connectivity index is 1.73. The quantitative estimate of drug-likeness (QED) is 0.383. The third-order valence-electron chi connectivity index (χ3n) is 7.59. The van der Waals surface area contributed by atoms with E-state index in [1.165, 1.54) is 47.4 Å². The van der Waals surface area contributed by atoms with Gasteiger partial charge in [-0.05, 0) is 0 Å². The summed E-state index contributed by atoms with van der Waals surface area (Å²) in [5, 5.41) is 0. The van der Waals surface area contributed by atoms with Crippen molar-refractivity contribution in [2.45, 2.75) is 80.9 Å². The Kier molecular flexibility index (Phi) is 6.97. The van der Waals surface area contributed by atoms with Crippen LogP contribution in [0.15, 0.2) is 60.7 Å². The number of hydrogen-bond acceptors (Lipinski definition) is 0. The molecule has 0 saturated heterocycles. The van der Waals surface area contributed by atoms with Gasteiger partial charge in [0.15, 0.2) is 0 Å². The van der Waals surface area contributed by atoms with Crippen LogP contribution in [-0.4, -0.2) is 18.4 Å². The Bertz CT molecular complexity index is 604. The first-order valence-electron chi connectivity index (χ1n) is 11.4. The summed E-state index contributed by atoms with van der Waals surface area (Å²) in [6, 6.07) is 23.2. The van der Waals surface area contributed by atoms with Crippen LogP contribution in [-0.2, 0) is 8.87 Å². The number of hydrogen-bond donors (Lipinski definition) is 0. The second kappa shape index (κ2) is 9.63. The van der Waals surface area contributed by atoms with Crippen LogP contribution in [0.4, 0.5) is 0 Å². The van der Waals surface area contributed by atoms with Crippen molar-refractivity contribution in [3.05, 3.63) is 71.8 Å². The van der Waals surface area contributed by atoms with Gasteiger partial charge in [-0.2, -0.15) is 0 Å². The Morgan fingerprint density at radius 3 is 1.26 bits per heavy atom. The van der Waals surface area contributed by atoms with Gasteiger partial charge in [0.2, 0.25) is 0 Å². The van der Waals surface area contributed by atoms with Crippen LogP contribution in [0.5, 0.6) is 0 Å². The fourth-order valence-corrected chi connectivity index (χ4v) is 26.4. The molecule has 0 aliphatic heterocycles. The minimum atomic E-state index is -2.46. The van der Waals surface area contributed by atoms with E-state index in [1.54, 1.807) is 36.8 Å². The zero-order valence-corrected chi connectivity index (χ0v) is 19.8. The molecule has 0 amide bonds. The summed E-state index contributed by atoms with van der Waals surface area (Å²) in [6.07, 6.45) is 15.2. The molecular weight excluding hydrogens is 431 g/mol. The molecule has 0 aromatic heterocycles. The third kappa shape index (κ3) is 4.81. The van der Waals surface area contributed by atoms with Crippen LogP contribution < -0.4 is 0 Å². The molecule has 2 aliphatic rings. The maximum atomic E-state index is 2.43. The molecule has 2 fully saturated rings. The Hall–Kier alpha value is -0.761. The Morgan fingerprint density at radius 2 is 0.889 bits per heavy atom. The third-order valence-corrected chi connectivity index (χ3v) is 26.3. The van der Waals surface area contributed by atoms with Gasteiger partial charge in [0.05, 0.1) is 0 Å². The van der Waals surface area contributed by atoms with Gasteiger partial charge in [-0.15, -0.1) is 0 Å². The van der Waals surface area contributed by atoms with E-state index in [9.17, 15) is 0 Å². The second-order valence-corrected chi connectivity index (χ2v) is 22.9. The van der Waals surface area contributed by atoms with Gasteiger partial charge < -0.3 is 0 Å². The van der Waals surface area contributed by atoms with E-state index in [1.807, 2.05) is 0 Å². The SMILES string of the molecule is c1ccc([CH2][Sn]([CH2]c2ccccc2)([CH]2CCCCC2)[CH]2CCCCC2)cc1. The molecule has 2 aliphatic carbocycles. The molecule has 2 aromatic carbocycles. The molecule has 0 unspecified atom stereocenters. The van der Waals surface area contributed by atoms with Crippen molar-refractivity contribution < 1.29 is 0 Å². The minimum absolute atomic E-state index is 1.11. The van der Waals surface area contributed by atoms with Gasteiger partial charge in [-0.3, -0.25) is 0 Å². The van der Waals surface area contributed by atoms with Crippen molar-refractivity contribution in [2.75, 3.05) is 0 Å². The molecule has 4 rings (SSSR count). The molecule has 2 aromatic rings. The zero-order chi connectivity index (χ0) is 18.4. The van der Waals surface area contributed by atoms with Crippen LogP contribution in [0.2, 0.25) is 7.87 Å². The first-order chi connectivity index (χ1) is 13.4. The van der Waals surface area contributed by atoms with Crippen molar-refractivity contribution in [2.24, 2.45) is 0 Å². The first-order valence-corrected chi connectivity index (χ1v) is 18.8. The summed E-state index contributed by atoms with van der Waals surface area (Å²) < 4.78 is 5.19. The molecular formula is C26H36Sn. The summed E-state index contributed by atoms with van der Waals surface area (Å²) >= 11 is -2.46. The van der Waals surface area contributed by atoms with Gasteiger partial charge in [0, 0.05) is 0 Å². The molecule has 144 valence electrons. The fourth-order valence-electron chi connectivity index (χ4n) is 6.28. The monoisotopic (exact) mass is 468 g/mol. The summed E-state index contributed by atoms with van der Waals surface area (Å²) in [4.78, 5) is 0. The predicted molar refractivity (Wildman–Crippen MR) is 120 cm³/mol. The van der Waals surface area contributed by atoms with Crippen molar-refractivity contribution in [1.82, 2.24) is 0 Å². The summed E-state index contributed by atoms with van der Waals surface area (Å²) in [5.41, 5.74) is 3.31. The van der Waals surface area contributed by atoms with Gasteiger partial charge >= 0.3 is 171 Å². The van der Waals surface area contributed by atoms with E-state index in [4.69, 9.17) is 0 Å². The average Bonchev–Trinajstić information content (AvgIpc) is 2.76. The molecule has 0 N–H and O–H groups in total. The van der Waals surface area contributed by atoms with E-state index >= 15 is 0 Å². The summed E-state index contributed by atoms with van der Waals surface area (Å²) in [6.45, 7) is 0. The molecule has 0 bridgehead atoms. The zero-order valence-electron chi connectivity index (χ0n) is 16.9. The van der Waals surface area contributed by atoms with Gasteiger partial charge in [0.25, 0.3) is 0 Å².